The highest BCUT2D eigenvalue weighted by atomic mass is 16.4. The van der Waals surface area contributed by atoms with E-state index in [0.29, 0.717) is 11.7 Å². The van der Waals surface area contributed by atoms with Crippen molar-refractivity contribution < 1.29 is 14.7 Å². The van der Waals surface area contributed by atoms with Crippen LogP contribution in [0.1, 0.15) is 39.5 Å². The number of anilines is 1. The summed E-state index contributed by atoms with van der Waals surface area (Å²) < 4.78 is 1.29. The molecule has 6 nitrogen and oxygen atoms in total. The lowest BCUT2D eigenvalue weighted by molar-refractivity contribution is -0.137. The van der Waals surface area contributed by atoms with Crippen molar-refractivity contribution >= 4 is 17.7 Å². The summed E-state index contributed by atoms with van der Waals surface area (Å²) in [7, 11) is 0. The third kappa shape index (κ3) is 3.18. The molecule has 0 radical (unpaired) electrons. The molecule has 0 saturated heterocycles. The summed E-state index contributed by atoms with van der Waals surface area (Å²) in [4.78, 5) is 23.0. The molecule has 1 amide bonds. The van der Waals surface area contributed by atoms with E-state index in [1.165, 1.54) is 17.5 Å². The van der Waals surface area contributed by atoms with E-state index in [4.69, 9.17) is 5.11 Å². The number of aromatic nitrogens is 2. The number of carboxylic acids is 1. The molecule has 2 rings (SSSR count). The highest BCUT2D eigenvalue weighted by Crippen LogP contribution is 2.40. The number of aliphatic carboxylic acids is 1. The van der Waals surface area contributed by atoms with Gasteiger partial charge >= 0.3 is 5.97 Å². The van der Waals surface area contributed by atoms with Gasteiger partial charge in [0, 0.05) is 17.7 Å². The van der Waals surface area contributed by atoms with E-state index in [1.54, 1.807) is 12.3 Å². The third-order valence-electron chi connectivity index (χ3n) is 4.14. The second-order valence-corrected chi connectivity index (χ2v) is 5.95. The molecule has 6 heteroatoms. The van der Waals surface area contributed by atoms with Crippen LogP contribution in [-0.2, 0) is 16.1 Å². The molecular weight excluding hydrogens is 258 g/mol. The molecule has 0 atom stereocenters. The van der Waals surface area contributed by atoms with Gasteiger partial charge in [0.15, 0.2) is 5.82 Å². The second-order valence-electron chi connectivity index (χ2n) is 5.95. The average Bonchev–Trinajstić information content (AvgIpc) is 2.99. The fourth-order valence-corrected chi connectivity index (χ4v) is 2.77. The fourth-order valence-electron chi connectivity index (χ4n) is 2.77. The zero-order valence-electron chi connectivity index (χ0n) is 11.9. The molecule has 1 aromatic heterocycles. The Morgan fingerprint density at radius 3 is 2.70 bits per heavy atom. The van der Waals surface area contributed by atoms with Crippen LogP contribution in [0.25, 0.3) is 0 Å². The molecule has 0 unspecified atom stereocenters. The number of carbonyl (C=O) groups excluding carboxylic acids is 1. The van der Waals surface area contributed by atoms with Crippen LogP contribution in [0, 0.1) is 11.3 Å². The average molecular weight is 279 g/mol. The van der Waals surface area contributed by atoms with Gasteiger partial charge in [0.2, 0.25) is 5.91 Å². The van der Waals surface area contributed by atoms with Crippen LogP contribution in [-0.4, -0.2) is 26.8 Å². The number of nitrogens with one attached hydrogen (secondary N) is 1. The minimum Gasteiger partial charge on any atom is -0.480 e. The third-order valence-corrected chi connectivity index (χ3v) is 4.14. The van der Waals surface area contributed by atoms with Crippen LogP contribution in [0.15, 0.2) is 12.3 Å². The normalized spacial score (nSPS) is 16.3. The molecule has 1 saturated carbocycles. The number of carboxylic acid groups (broad SMARTS) is 1. The molecular formula is C14H21N3O3. The summed E-state index contributed by atoms with van der Waals surface area (Å²) in [5.74, 6) is -0.201. The lowest BCUT2D eigenvalue weighted by Gasteiger charge is -2.29. The molecule has 0 aromatic carbocycles. The maximum atomic E-state index is 12.4. The van der Waals surface area contributed by atoms with E-state index in [1.807, 2.05) is 13.8 Å². The van der Waals surface area contributed by atoms with Gasteiger partial charge in [-0.3, -0.25) is 14.3 Å². The molecule has 0 spiro atoms. The van der Waals surface area contributed by atoms with Crippen LogP contribution in [0.4, 0.5) is 5.82 Å². The van der Waals surface area contributed by atoms with Crippen LogP contribution >= 0.6 is 0 Å². The van der Waals surface area contributed by atoms with Crippen LogP contribution < -0.4 is 5.32 Å². The van der Waals surface area contributed by atoms with Gasteiger partial charge in [0.1, 0.15) is 6.54 Å². The quantitative estimate of drug-likeness (QED) is 0.864. The molecule has 2 N–H and O–H groups in total. The standard InChI is InChI=1S/C14H21N3O3/c1-14(2,10-5-3-4-6-10)13(20)15-11-7-8-17(16-11)9-12(18)19/h7-8,10H,3-6,9H2,1-2H3,(H,18,19)(H,15,16,20). The highest BCUT2D eigenvalue weighted by Gasteiger charge is 2.38. The Morgan fingerprint density at radius 2 is 2.10 bits per heavy atom. The largest absolute Gasteiger partial charge is 0.480 e. The van der Waals surface area contributed by atoms with Crippen molar-refractivity contribution in [2.24, 2.45) is 11.3 Å². The van der Waals surface area contributed by atoms with Crippen molar-refractivity contribution in [1.82, 2.24) is 9.78 Å². The molecule has 0 bridgehead atoms. The Kier molecular flexibility index (Phi) is 4.11. The van der Waals surface area contributed by atoms with E-state index in [-0.39, 0.29) is 12.5 Å². The first kappa shape index (κ1) is 14.6. The Hall–Kier alpha value is -1.85. The van der Waals surface area contributed by atoms with Gasteiger partial charge in [0.25, 0.3) is 0 Å². The van der Waals surface area contributed by atoms with Gasteiger partial charge in [-0.15, -0.1) is 0 Å². The molecule has 0 aliphatic heterocycles. The van der Waals surface area contributed by atoms with E-state index < -0.39 is 11.4 Å². The Bertz CT molecular complexity index is 502. The first-order valence-electron chi connectivity index (χ1n) is 6.96. The molecule has 20 heavy (non-hydrogen) atoms. The van der Waals surface area contributed by atoms with Crippen LogP contribution in [0.3, 0.4) is 0 Å². The predicted molar refractivity (Wildman–Crippen MR) is 74.2 cm³/mol. The van der Waals surface area contributed by atoms with Gasteiger partial charge in [-0.25, -0.2) is 0 Å². The zero-order valence-corrected chi connectivity index (χ0v) is 11.9. The van der Waals surface area contributed by atoms with Crippen molar-refractivity contribution in [2.75, 3.05) is 5.32 Å². The number of carbonyl (C=O) groups is 2. The Balaban J connectivity index is 1.99. The summed E-state index contributed by atoms with van der Waals surface area (Å²) in [6.45, 7) is 3.72. The van der Waals surface area contributed by atoms with E-state index >= 15 is 0 Å². The van der Waals surface area contributed by atoms with E-state index in [2.05, 4.69) is 10.4 Å². The van der Waals surface area contributed by atoms with Crippen molar-refractivity contribution in [3.05, 3.63) is 12.3 Å². The van der Waals surface area contributed by atoms with E-state index in [0.717, 1.165) is 12.8 Å². The number of rotatable bonds is 5. The molecule has 1 aliphatic carbocycles. The minimum absolute atomic E-state index is 0.0509. The maximum Gasteiger partial charge on any atom is 0.325 e. The van der Waals surface area contributed by atoms with Gasteiger partial charge in [-0.2, -0.15) is 5.10 Å². The summed E-state index contributed by atoms with van der Waals surface area (Å²) in [5.41, 5.74) is -0.424. The van der Waals surface area contributed by atoms with Crippen LogP contribution in [0.5, 0.6) is 0 Å². The summed E-state index contributed by atoms with van der Waals surface area (Å²) in [5, 5.41) is 15.5. The SMILES string of the molecule is CC(C)(C(=O)Nc1ccn(CC(=O)O)n1)C1CCCC1. The zero-order chi connectivity index (χ0) is 14.8. The topological polar surface area (TPSA) is 84.2 Å². The summed E-state index contributed by atoms with van der Waals surface area (Å²) in [6.07, 6.45) is 6.11. The fraction of sp³-hybridized carbons (Fsp3) is 0.643. The molecule has 1 fully saturated rings. The Labute approximate surface area is 118 Å². The highest BCUT2D eigenvalue weighted by molar-refractivity contribution is 5.94. The molecule has 1 aromatic rings. The lowest BCUT2D eigenvalue weighted by Crippen LogP contribution is -2.36. The summed E-state index contributed by atoms with van der Waals surface area (Å²) in [6, 6.07) is 1.62. The number of nitrogens with zero attached hydrogens (tertiary/aromatic N) is 2. The minimum atomic E-state index is -0.961. The van der Waals surface area contributed by atoms with Gasteiger partial charge in [0.05, 0.1) is 0 Å². The Morgan fingerprint density at radius 1 is 1.45 bits per heavy atom. The van der Waals surface area contributed by atoms with Crippen molar-refractivity contribution in [1.29, 1.82) is 0 Å². The smallest absolute Gasteiger partial charge is 0.325 e. The predicted octanol–water partition coefficient (Wildman–Crippen LogP) is 2.12. The van der Waals surface area contributed by atoms with Crippen LogP contribution in [0.2, 0.25) is 0 Å². The lowest BCUT2D eigenvalue weighted by atomic mass is 9.77. The van der Waals surface area contributed by atoms with E-state index in [9.17, 15) is 9.59 Å². The first-order chi connectivity index (χ1) is 9.39. The first-order valence-corrected chi connectivity index (χ1v) is 6.96. The van der Waals surface area contributed by atoms with Crippen molar-refractivity contribution in [3.8, 4) is 0 Å². The molecule has 1 heterocycles. The van der Waals surface area contributed by atoms with Gasteiger partial charge < -0.3 is 10.4 Å². The summed E-state index contributed by atoms with van der Waals surface area (Å²) >= 11 is 0. The van der Waals surface area contributed by atoms with Gasteiger partial charge in [-0.1, -0.05) is 26.7 Å². The number of amides is 1. The maximum absolute atomic E-state index is 12.4. The molecule has 1 aliphatic rings. The second kappa shape index (κ2) is 5.64. The van der Waals surface area contributed by atoms with Crippen molar-refractivity contribution in [3.63, 3.8) is 0 Å². The number of hydrogen-bond acceptors (Lipinski definition) is 3. The van der Waals surface area contributed by atoms with Gasteiger partial charge in [-0.05, 0) is 18.8 Å². The van der Waals surface area contributed by atoms with Crippen molar-refractivity contribution in [2.45, 2.75) is 46.1 Å². The monoisotopic (exact) mass is 279 g/mol. The molecule has 110 valence electrons. The number of hydrogen-bond donors (Lipinski definition) is 2.